The lowest BCUT2D eigenvalue weighted by Crippen LogP contribution is -2.35. The third-order valence-electron chi connectivity index (χ3n) is 3.06. The molecule has 0 radical (unpaired) electrons. The molecule has 0 aliphatic carbocycles. The first-order valence-corrected chi connectivity index (χ1v) is 6.81. The maximum atomic E-state index is 11.7. The molecule has 0 bridgehead atoms. The zero-order valence-electron chi connectivity index (χ0n) is 12.9. The van der Waals surface area contributed by atoms with Crippen LogP contribution in [0.4, 0.5) is 5.82 Å². The molecule has 0 saturated carbocycles. The minimum Gasteiger partial charge on any atom is -0.356 e. The molecule has 6 heteroatoms. The van der Waals surface area contributed by atoms with Crippen LogP contribution in [0.1, 0.15) is 44.9 Å². The molecule has 0 fully saturated rings. The lowest BCUT2D eigenvalue weighted by molar-refractivity contribution is -0.128. The van der Waals surface area contributed by atoms with Crippen molar-refractivity contribution in [2.45, 2.75) is 47.5 Å². The van der Waals surface area contributed by atoms with Gasteiger partial charge in [-0.1, -0.05) is 20.8 Å². The van der Waals surface area contributed by atoms with Gasteiger partial charge in [-0.15, -0.1) is 0 Å². The van der Waals surface area contributed by atoms with E-state index in [9.17, 15) is 9.59 Å². The average molecular weight is 280 g/mol. The van der Waals surface area contributed by atoms with Crippen LogP contribution in [0, 0.1) is 19.3 Å². The lowest BCUT2D eigenvalue weighted by atomic mass is 9.96. The number of aromatic nitrogens is 2. The molecule has 0 saturated heterocycles. The van der Waals surface area contributed by atoms with Gasteiger partial charge in [0.05, 0.1) is 0 Å². The van der Waals surface area contributed by atoms with E-state index in [2.05, 4.69) is 20.8 Å². The molecule has 1 aromatic rings. The maximum Gasteiger partial charge on any atom is 0.225 e. The van der Waals surface area contributed by atoms with Crippen molar-refractivity contribution in [1.29, 1.82) is 0 Å². The van der Waals surface area contributed by atoms with Crippen molar-refractivity contribution in [2.75, 3.05) is 11.9 Å². The molecule has 112 valence electrons. The summed E-state index contributed by atoms with van der Waals surface area (Å²) < 4.78 is 0. The second kappa shape index (κ2) is 6.54. The molecule has 0 aliphatic heterocycles. The van der Waals surface area contributed by atoms with Crippen molar-refractivity contribution in [3.63, 3.8) is 0 Å². The first-order chi connectivity index (χ1) is 9.21. The van der Waals surface area contributed by atoms with E-state index >= 15 is 0 Å². The molecule has 0 spiro atoms. The topological polar surface area (TPSA) is 86.9 Å². The summed E-state index contributed by atoms with van der Waals surface area (Å²) >= 11 is 0. The number of amides is 2. The molecule has 6 nitrogen and oxygen atoms in total. The number of H-pyrrole nitrogens is 1. The highest BCUT2D eigenvalue weighted by Gasteiger charge is 2.20. The van der Waals surface area contributed by atoms with Crippen LogP contribution in [0.5, 0.6) is 0 Å². The van der Waals surface area contributed by atoms with Crippen molar-refractivity contribution in [2.24, 2.45) is 5.41 Å². The van der Waals surface area contributed by atoms with E-state index in [1.165, 1.54) is 0 Å². The molecule has 2 amide bonds. The summed E-state index contributed by atoms with van der Waals surface area (Å²) in [5.74, 6) is 0.479. The lowest BCUT2D eigenvalue weighted by Gasteiger charge is -2.17. The highest BCUT2D eigenvalue weighted by atomic mass is 16.2. The fourth-order valence-corrected chi connectivity index (χ4v) is 1.52. The Balaban J connectivity index is 2.28. The van der Waals surface area contributed by atoms with E-state index in [0.717, 1.165) is 11.3 Å². The Hall–Kier alpha value is -1.85. The van der Waals surface area contributed by atoms with Crippen LogP contribution in [-0.4, -0.2) is 28.6 Å². The molecule has 20 heavy (non-hydrogen) atoms. The van der Waals surface area contributed by atoms with Gasteiger partial charge in [0.25, 0.3) is 0 Å². The standard InChI is InChI=1S/C14H24N4O2/c1-9-10(2)17-18-12(9)16-11(19)7-6-8-15-13(20)14(3,4)5/h6-8H2,1-5H3,(H,15,20)(H2,16,17,18,19). The first kappa shape index (κ1) is 16.2. The fraction of sp³-hybridized carbons (Fsp3) is 0.643. The number of nitrogens with zero attached hydrogens (tertiary/aromatic N) is 1. The number of aromatic amines is 1. The van der Waals surface area contributed by atoms with Crippen molar-refractivity contribution in [3.05, 3.63) is 11.3 Å². The Morgan fingerprint density at radius 1 is 1.25 bits per heavy atom. The van der Waals surface area contributed by atoms with Crippen LogP contribution in [0.15, 0.2) is 0 Å². The van der Waals surface area contributed by atoms with Gasteiger partial charge in [-0.25, -0.2) is 0 Å². The van der Waals surface area contributed by atoms with Crippen LogP contribution in [0.3, 0.4) is 0 Å². The number of aryl methyl sites for hydroxylation is 1. The normalized spacial score (nSPS) is 11.2. The molecular weight excluding hydrogens is 256 g/mol. The molecule has 1 aromatic heterocycles. The molecule has 3 N–H and O–H groups in total. The van der Waals surface area contributed by atoms with E-state index in [4.69, 9.17) is 0 Å². The van der Waals surface area contributed by atoms with E-state index < -0.39 is 5.41 Å². The van der Waals surface area contributed by atoms with Crippen LogP contribution >= 0.6 is 0 Å². The summed E-state index contributed by atoms with van der Waals surface area (Å²) in [5.41, 5.74) is 1.49. The third-order valence-corrected chi connectivity index (χ3v) is 3.06. The molecule has 0 aromatic carbocycles. The van der Waals surface area contributed by atoms with Gasteiger partial charge in [0, 0.05) is 29.6 Å². The third kappa shape index (κ3) is 4.68. The monoisotopic (exact) mass is 280 g/mol. The van der Waals surface area contributed by atoms with Gasteiger partial charge in [0.2, 0.25) is 11.8 Å². The van der Waals surface area contributed by atoms with Crippen molar-refractivity contribution < 1.29 is 9.59 Å². The number of carbonyl (C=O) groups excluding carboxylic acids is 2. The van der Waals surface area contributed by atoms with Crippen LogP contribution < -0.4 is 10.6 Å². The summed E-state index contributed by atoms with van der Waals surface area (Å²) in [7, 11) is 0. The number of hydrogen-bond acceptors (Lipinski definition) is 3. The van der Waals surface area contributed by atoms with Gasteiger partial charge in [-0.3, -0.25) is 14.7 Å². The number of anilines is 1. The fourth-order valence-electron chi connectivity index (χ4n) is 1.52. The number of rotatable bonds is 5. The molecule has 0 aliphatic rings. The summed E-state index contributed by atoms with van der Waals surface area (Å²) in [6, 6.07) is 0. The van der Waals surface area contributed by atoms with Crippen LogP contribution in [0.2, 0.25) is 0 Å². The van der Waals surface area contributed by atoms with Gasteiger partial charge in [-0.2, -0.15) is 5.10 Å². The molecular formula is C14H24N4O2. The van der Waals surface area contributed by atoms with Crippen LogP contribution in [0.25, 0.3) is 0 Å². The quantitative estimate of drug-likeness (QED) is 0.720. The summed E-state index contributed by atoms with van der Waals surface area (Å²) in [6.45, 7) is 9.88. The predicted molar refractivity (Wildman–Crippen MR) is 78.4 cm³/mol. The Bertz CT molecular complexity index is 486. The number of nitrogens with one attached hydrogen (secondary N) is 3. The zero-order chi connectivity index (χ0) is 15.3. The van der Waals surface area contributed by atoms with Crippen molar-refractivity contribution in [1.82, 2.24) is 15.5 Å². The van der Waals surface area contributed by atoms with Gasteiger partial charge < -0.3 is 10.6 Å². The Kier molecular flexibility index (Phi) is 5.30. The Morgan fingerprint density at radius 3 is 2.40 bits per heavy atom. The van der Waals surface area contributed by atoms with E-state index in [-0.39, 0.29) is 11.8 Å². The first-order valence-electron chi connectivity index (χ1n) is 6.81. The molecule has 0 atom stereocenters. The SMILES string of the molecule is Cc1[nH]nc(NC(=O)CCCNC(=O)C(C)(C)C)c1C. The van der Waals surface area contributed by atoms with E-state index in [0.29, 0.717) is 25.2 Å². The Morgan fingerprint density at radius 2 is 1.90 bits per heavy atom. The predicted octanol–water partition coefficient (Wildman–Crippen LogP) is 1.91. The van der Waals surface area contributed by atoms with E-state index in [1.807, 2.05) is 34.6 Å². The maximum absolute atomic E-state index is 11.7. The zero-order valence-corrected chi connectivity index (χ0v) is 12.9. The molecule has 1 rings (SSSR count). The van der Waals surface area contributed by atoms with Gasteiger partial charge in [0.15, 0.2) is 5.82 Å². The number of hydrogen-bond donors (Lipinski definition) is 3. The minimum atomic E-state index is -0.397. The van der Waals surface area contributed by atoms with Crippen molar-refractivity contribution >= 4 is 17.6 Å². The minimum absolute atomic E-state index is 0.00308. The largest absolute Gasteiger partial charge is 0.356 e. The second-order valence-electron chi connectivity index (χ2n) is 5.98. The Labute approximate surface area is 119 Å². The summed E-state index contributed by atoms with van der Waals surface area (Å²) in [5, 5.41) is 12.4. The van der Waals surface area contributed by atoms with Gasteiger partial charge >= 0.3 is 0 Å². The van der Waals surface area contributed by atoms with Crippen LogP contribution in [-0.2, 0) is 9.59 Å². The summed E-state index contributed by atoms with van der Waals surface area (Å²) in [4.78, 5) is 23.4. The van der Waals surface area contributed by atoms with Crippen molar-refractivity contribution in [3.8, 4) is 0 Å². The summed E-state index contributed by atoms with van der Waals surface area (Å²) in [6.07, 6.45) is 0.964. The smallest absolute Gasteiger partial charge is 0.225 e. The average Bonchev–Trinajstić information content (AvgIpc) is 2.65. The second-order valence-corrected chi connectivity index (χ2v) is 5.98. The highest BCUT2D eigenvalue weighted by Crippen LogP contribution is 2.14. The van der Waals surface area contributed by atoms with Gasteiger partial charge in [0.1, 0.15) is 0 Å². The van der Waals surface area contributed by atoms with Gasteiger partial charge in [-0.05, 0) is 20.3 Å². The molecule has 0 unspecified atom stereocenters. The number of carbonyl (C=O) groups is 2. The highest BCUT2D eigenvalue weighted by molar-refractivity contribution is 5.90. The molecule has 1 heterocycles. The van der Waals surface area contributed by atoms with E-state index in [1.54, 1.807) is 0 Å².